The van der Waals surface area contributed by atoms with Crippen molar-refractivity contribution in [3.8, 4) is 11.5 Å². The average molecular weight is 339 g/mol. The molecule has 1 aliphatic rings. The molecule has 4 heteroatoms. The molecule has 0 aliphatic carbocycles. The Balaban J connectivity index is 1.62. The maximum Gasteiger partial charge on any atom is 0.224 e. The van der Waals surface area contributed by atoms with Crippen LogP contribution in [0, 0.1) is 6.92 Å². The largest absolute Gasteiger partial charge is 0.486 e. The van der Waals surface area contributed by atoms with Gasteiger partial charge in [0.2, 0.25) is 5.91 Å². The molecule has 0 spiro atoms. The maximum absolute atomic E-state index is 12.3. The van der Waals surface area contributed by atoms with Crippen LogP contribution in [0.25, 0.3) is 0 Å². The van der Waals surface area contributed by atoms with E-state index in [0.29, 0.717) is 26.2 Å². The standard InChI is InChI=1S/C21H25NO3/c1-15-5-4-6-16(11-15)12-20(23)22-14-21(2,3)17-7-8-18-19(13-17)25-10-9-24-18/h4-8,11,13H,9-10,12,14H2,1-3H3,(H,22,23). The van der Waals surface area contributed by atoms with E-state index in [4.69, 9.17) is 9.47 Å². The molecule has 25 heavy (non-hydrogen) atoms. The summed E-state index contributed by atoms with van der Waals surface area (Å²) in [6.07, 6.45) is 0.402. The summed E-state index contributed by atoms with van der Waals surface area (Å²) in [4.78, 5) is 12.3. The summed E-state index contributed by atoms with van der Waals surface area (Å²) in [6, 6.07) is 14.1. The molecule has 1 aliphatic heterocycles. The summed E-state index contributed by atoms with van der Waals surface area (Å²) in [5, 5.41) is 3.06. The molecule has 0 saturated heterocycles. The molecular formula is C21H25NO3. The van der Waals surface area contributed by atoms with Gasteiger partial charge in [0.1, 0.15) is 13.2 Å². The number of nitrogens with one attached hydrogen (secondary N) is 1. The van der Waals surface area contributed by atoms with Gasteiger partial charge in [0.15, 0.2) is 11.5 Å². The minimum atomic E-state index is -0.196. The number of benzene rings is 2. The number of ether oxygens (including phenoxy) is 2. The molecule has 2 aromatic carbocycles. The summed E-state index contributed by atoms with van der Waals surface area (Å²) in [7, 11) is 0. The normalized spacial score (nSPS) is 13.4. The Morgan fingerprint density at radius 1 is 1.08 bits per heavy atom. The van der Waals surface area contributed by atoms with E-state index in [9.17, 15) is 4.79 Å². The van der Waals surface area contributed by atoms with Crippen molar-refractivity contribution in [1.82, 2.24) is 5.32 Å². The van der Waals surface area contributed by atoms with E-state index >= 15 is 0 Å². The molecule has 2 aromatic rings. The van der Waals surface area contributed by atoms with E-state index < -0.39 is 0 Å². The first-order valence-electron chi connectivity index (χ1n) is 8.66. The lowest BCUT2D eigenvalue weighted by Crippen LogP contribution is -2.37. The van der Waals surface area contributed by atoms with E-state index in [-0.39, 0.29) is 11.3 Å². The molecule has 1 N–H and O–H groups in total. The van der Waals surface area contributed by atoms with Crippen LogP contribution < -0.4 is 14.8 Å². The third-order valence-electron chi connectivity index (χ3n) is 4.50. The van der Waals surface area contributed by atoms with Crippen molar-refractivity contribution in [2.45, 2.75) is 32.6 Å². The Bertz CT molecular complexity index is 767. The molecule has 132 valence electrons. The van der Waals surface area contributed by atoms with Gasteiger partial charge in [-0.3, -0.25) is 4.79 Å². The van der Waals surface area contributed by atoms with Gasteiger partial charge in [-0.1, -0.05) is 49.7 Å². The number of carbonyl (C=O) groups excluding carboxylic acids is 1. The molecule has 1 amide bonds. The van der Waals surface area contributed by atoms with E-state index in [0.717, 1.165) is 22.6 Å². The van der Waals surface area contributed by atoms with Crippen molar-refractivity contribution in [2.75, 3.05) is 19.8 Å². The van der Waals surface area contributed by atoms with E-state index in [1.165, 1.54) is 5.56 Å². The second kappa shape index (κ2) is 7.18. The van der Waals surface area contributed by atoms with Crippen molar-refractivity contribution < 1.29 is 14.3 Å². The smallest absolute Gasteiger partial charge is 0.224 e. The SMILES string of the molecule is Cc1cccc(CC(=O)NCC(C)(C)c2ccc3c(c2)OCCO3)c1. The van der Waals surface area contributed by atoms with Crippen molar-refractivity contribution in [2.24, 2.45) is 0 Å². The highest BCUT2D eigenvalue weighted by Gasteiger charge is 2.24. The molecular weight excluding hydrogens is 314 g/mol. The second-order valence-corrected chi connectivity index (χ2v) is 7.18. The summed E-state index contributed by atoms with van der Waals surface area (Å²) < 4.78 is 11.2. The summed E-state index contributed by atoms with van der Waals surface area (Å²) >= 11 is 0. The Kier molecular flexibility index (Phi) is 4.98. The summed E-state index contributed by atoms with van der Waals surface area (Å²) in [6.45, 7) is 8.00. The van der Waals surface area contributed by atoms with Crippen LogP contribution in [0.5, 0.6) is 11.5 Å². The number of hydrogen-bond acceptors (Lipinski definition) is 3. The monoisotopic (exact) mass is 339 g/mol. The number of amides is 1. The van der Waals surface area contributed by atoms with Gasteiger partial charge < -0.3 is 14.8 Å². The first-order valence-corrected chi connectivity index (χ1v) is 8.66. The number of aryl methyl sites for hydroxylation is 1. The highest BCUT2D eigenvalue weighted by molar-refractivity contribution is 5.78. The van der Waals surface area contributed by atoms with E-state index in [1.807, 2.05) is 49.4 Å². The fraction of sp³-hybridized carbons (Fsp3) is 0.381. The van der Waals surface area contributed by atoms with Gasteiger partial charge in [0.05, 0.1) is 6.42 Å². The topological polar surface area (TPSA) is 47.6 Å². The highest BCUT2D eigenvalue weighted by Crippen LogP contribution is 2.34. The number of hydrogen-bond donors (Lipinski definition) is 1. The van der Waals surface area contributed by atoms with Crippen LogP contribution in [0.1, 0.15) is 30.5 Å². The zero-order valence-corrected chi connectivity index (χ0v) is 15.1. The lowest BCUT2D eigenvalue weighted by atomic mass is 9.84. The second-order valence-electron chi connectivity index (χ2n) is 7.18. The fourth-order valence-corrected chi connectivity index (χ4v) is 2.96. The lowest BCUT2D eigenvalue weighted by molar-refractivity contribution is -0.120. The lowest BCUT2D eigenvalue weighted by Gasteiger charge is -2.28. The Morgan fingerprint density at radius 2 is 1.84 bits per heavy atom. The minimum absolute atomic E-state index is 0.0382. The molecule has 4 nitrogen and oxygen atoms in total. The third-order valence-corrected chi connectivity index (χ3v) is 4.50. The van der Waals surface area contributed by atoms with Gasteiger partial charge in [0.25, 0.3) is 0 Å². The molecule has 0 unspecified atom stereocenters. The highest BCUT2D eigenvalue weighted by atomic mass is 16.6. The molecule has 1 heterocycles. The van der Waals surface area contributed by atoms with Crippen LogP contribution in [-0.4, -0.2) is 25.7 Å². The van der Waals surface area contributed by atoms with E-state index in [1.54, 1.807) is 0 Å². The predicted octanol–water partition coefficient (Wildman–Crippen LogP) is 3.40. The zero-order chi connectivity index (χ0) is 17.9. The van der Waals surface area contributed by atoms with Crippen LogP contribution in [0.4, 0.5) is 0 Å². The Labute approximate surface area is 149 Å². The fourth-order valence-electron chi connectivity index (χ4n) is 2.96. The van der Waals surface area contributed by atoms with Gasteiger partial charge >= 0.3 is 0 Å². The zero-order valence-electron chi connectivity index (χ0n) is 15.1. The van der Waals surface area contributed by atoms with Crippen molar-refractivity contribution in [1.29, 1.82) is 0 Å². The van der Waals surface area contributed by atoms with E-state index in [2.05, 4.69) is 19.2 Å². The van der Waals surface area contributed by atoms with Gasteiger partial charge in [0, 0.05) is 12.0 Å². The molecule has 0 atom stereocenters. The van der Waals surface area contributed by atoms with Crippen molar-refractivity contribution in [3.05, 3.63) is 59.2 Å². The number of fused-ring (bicyclic) bond motifs is 1. The number of rotatable bonds is 5. The molecule has 0 fully saturated rings. The van der Waals surface area contributed by atoms with Gasteiger partial charge in [-0.05, 0) is 30.2 Å². The first-order chi connectivity index (χ1) is 11.9. The Morgan fingerprint density at radius 3 is 2.60 bits per heavy atom. The van der Waals surface area contributed by atoms with Gasteiger partial charge in [-0.25, -0.2) is 0 Å². The van der Waals surface area contributed by atoms with Crippen molar-refractivity contribution in [3.63, 3.8) is 0 Å². The van der Waals surface area contributed by atoms with Crippen LogP contribution in [-0.2, 0) is 16.6 Å². The molecule has 0 saturated carbocycles. The minimum Gasteiger partial charge on any atom is -0.486 e. The average Bonchev–Trinajstić information content (AvgIpc) is 2.60. The van der Waals surface area contributed by atoms with Gasteiger partial charge in [-0.2, -0.15) is 0 Å². The van der Waals surface area contributed by atoms with Crippen LogP contribution in [0.15, 0.2) is 42.5 Å². The maximum atomic E-state index is 12.3. The molecule has 0 aromatic heterocycles. The molecule has 0 radical (unpaired) electrons. The summed E-state index contributed by atoms with van der Waals surface area (Å²) in [5.41, 5.74) is 3.13. The van der Waals surface area contributed by atoms with Gasteiger partial charge in [-0.15, -0.1) is 0 Å². The molecule has 0 bridgehead atoms. The first kappa shape index (κ1) is 17.3. The third kappa shape index (κ3) is 4.32. The van der Waals surface area contributed by atoms with Crippen LogP contribution in [0.3, 0.4) is 0 Å². The van der Waals surface area contributed by atoms with Crippen molar-refractivity contribution >= 4 is 5.91 Å². The predicted molar refractivity (Wildman–Crippen MR) is 98.4 cm³/mol. The number of carbonyl (C=O) groups is 1. The van der Waals surface area contributed by atoms with Crippen LogP contribution in [0.2, 0.25) is 0 Å². The Hall–Kier alpha value is -2.49. The summed E-state index contributed by atoms with van der Waals surface area (Å²) in [5.74, 6) is 1.61. The quantitative estimate of drug-likeness (QED) is 0.908. The molecule has 3 rings (SSSR count). The van der Waals surface area contributed by atoms with Crippen LogP contribution >= 0.6 is 0 Å².